The number of fused-ring (bicyclic) bond motifs is 2. The van der Waals surface area contributed by atoms with E-state index in [0.29, 0.717) is 39.1 Å². The molecule has 1 saturated heterocycles. The van der Waals surface area contributed by atoms with E-state index in [9.17, 15) is 13.6 Å². The summed E-state index contributed by atoms with van der Waals surface area (Å²) in [6.07, 6.45) is 2.30. The number of aromatic nitrogens is 2. The zero-order valence-corrected chi connectivity index (χ0v) is 26.6. The molecular weight excluding hydrogens is 588 g/mol. The quantitative estimate of drug-likeness (QED) is 0.241. The van der Waals surface area contributed by atoms with Gasteiger partial charge < -0.3 is 24.3 Å². The van der Waals surface area contributed by atoms with Gasteiger partial charge in [0.05, 0.1) is 12.2 Å². The third-order valence-electron chi connectivity index (χ3n) is 9.67. The van der Waals surface area contributed by atoms with Gasteiger partial charge in [-0.3, -0.25) is 9.69 Å². The molecule has 2 atom stereocenters. The van der Waals surface area contributed by atoms with E-state index >= 15 is 0 Å². The predicted molar refractivity (Wildman–Crippen MR) is 176 cm³/mol. The number of piperazine rings is 1. The summed E-state index contributed by atoms with van der Waals surface area (Å²) in [6.45, 7) is 17.1. The molecule has 46 heavy (non-hydrogen) atoms. The number of hydrogen-bond acceptors (Lipinski definition) is 7. The Morgan fingerprint density at radius 2 is 2.00 bits per heavy atom. The second kappa shape index (κ2) is 13.2. The molecule has 3 heterocycles. The van der Waals surface area contributed by atoms with Crippen molar-refractivity contribution in [1.82, 2.24) is 19.8 Å². The standard InChI is InChI=1S/C35H41F2N7O2/c1-5-31(45)44-17-16-43(22-27(44)21-38-3)33-28-13-15-42(30-11-7-10-25-9-6-8-24(2)32(25)30)23-29(28)39-34(40-33)46-19-18-41(4)26-12-14-35(36,37)20-26/h5-11,26-27H,1,12-23H2,2,4H3/t26?,27-/m0/s1. The van der Waals surface area contributed by atoms with Crippen molar-refractivity contribution in [2.24, 2.45) is 0 Å². The van der Waals surface area contributed by atoms with Gasteiger partial charge in [-0.05, 0) is 49.9 Å². The van der Waals surface area contributed by atoms with Crippen molar-refractivity contribution < 1.29 is 18.3 Å². The van der Waals surface area contributed by atoms with Crippen LogP contribution in [0.15, 0.2) is 49.1 Å². The van der Waals surface area contributed by atoms with E-state index in [1.807, 2.05) is 11.9 Å². The highest BCUT2D eigenvalue weighted by Gasteiger charge is 2.41. The van der Waals surface area contributed by atoms with Crippen molar-refractivity contribution in [3.05, 3.63) is 77.3 Å². The molecule has 0 spiro atoms. The summed E-state index contributed by atoms with van der Waals surface area (Å²) in [4.78, 5) is 34.2. The Bertz CT molecular complexity index is 1650. The first kappa shape index (κ1) is 31.7. The molecular formula is C35H41F2N7O2. The average Bonchev–Trinajstić information content (AvgIpc) is 3.43. The molecule has 3 aromatic rings. The van der Waals surface area contributed by atoms with E-state index < -0.39 is 5.92 Å². The number of halogens is 2. The highest BCUT2D eigenvalue weighted by Crippen LogP contribution is 2.38. The molecule has 3 aliphatic rings. The monoisotopic (exact) mass is 629 g/mol. The van der Waals surface area contributed by atoms with Crippen molar-refractivity contribution in [1.29, 1.82) is 0 Å². The number of hydrogen-bond donors (Lipinski definition) is 0. The predicted octanol–water partition coefficient (Wildman–Crippen LogP) is 5.12. The van der Waals surface area contributed by atoms with Crippen molar-refractivity contribution >= 4 is 28.2 Å². The van der Waals surface area contributed by atoms with E-state index in [1.165, 1.54) is 22.4 Å². The van der Waals surface area contributed by atoms with Crippen LogP contribution in [0.2, 0.25) is 0 Å². The number of amides is 1. The van der Waals surface area contributed by atoms with Crippen LogP contribution in [-0.2, 0) is 17.8 Å². The first-order valence-corrected chi connectivity index (χ1v) is 16.0. The Kier molecular flexibility index (Phi) is 9.09. The summed E-state index contributed by atoms with van der Waals surface area (Å²) in [7, 11) is 1.86. The number of anilines is 2. The number of nitrogens with zero attached hydrogens (tertiary/aromatic N) is 7. The van der Waals surface area contributed by atoms with Crippen molar-refractivity contribution in [2.45, 2.75) is 57.2 Å². The van der Waals surface area contributed by atoms with Gasteiger partial charge in [-0.1, -0.05) is 36.9 Å². The van der Waals surface area contributed by atoms with Crippen LogP contribution >= 0.6 is 0 Å². The molecule has 6 rings (SSSR count). The lowest BCUT2D eigenvalue weighted by Gasteiger charge is -2.41. The number of aryl methyl sites for hydroxylation is 1. The maximum atomic E-state index is 13.8. The lowest BCUT2D eigenvalue weighted by molar-refractivity contribution is -0.128. The first-order valence-electron chi connectivity index (χ1n) is 16.0. The summed E-state index contributed by atoms with van der Waals surface area (Å²) in [5.74, 6) is -2.00. The Labute approximate surface area is 269 Å². The summed E-state index contributed by atoms with van der Waals surface area (Å²) in [5, 5.41) is 2.42. The molecule has 242 valence electrons. The van der Waals surface area contributed by atoms with Crippen LogP contribution in [-0.4, -0.2) is 96.6 Å². The summed E-state index contributed by atoms with van der Waals surface area (Å²) >= 11 is 0. The zero-order chi connectivity index (χ0) is 32.4. The highest BCUT2D eigenvalue weighted by molar-refractivity contribution is 5.97. The molecule has 1 amide bonds. The maximum absolute atomic E-state index is 13.8. The van der Waals surface area contributed by atoms with Gasteiger partial charge in [-0.15, -0.1) is 0 Å². The molecule has 1 saturated carbocycles. The zero-order valence-electron chi connectivity index (χ0n) is 26.6. The number of rotatable bonds is 9. The van der Waals surface area contributed by atoms with Gasteiger partial charge >= 0.3 is 6.01 Å². The summed E-state index contributed by atoms with van der Waals surface area (Å²) in [5.41, 5.74) is 4.31. The number of ether oxygens (including phenoxy) is 1. The van der Waals surface area contributed by atoms with Gasteiger partial charge in [0, 0.05) is 68.2 Å². The van der Waals surface area contributed by atoms with E-state index in [4.69, 9.17) is 21.3 Å². The van der Waals surface area contributed by atoms with Crippen LogP contribution in [0.4, 0.5) is 20.3 Å². The number of carbonyl (C=O) groups is 1. The van der Waals surface area contributed by atoms with Crippen LogP contribution in [0.1, 0.15) is 36.1 Å². The van der Waals surface area contributed by atoms with Crippen molar-refractivity contribution in [3.63, 3.8) is 0 Å². The van der Waals surface area contributed by atoms with Crippen LogP contribution in [0.25, 0.3) is 15.6 Å². The fourth-order valence-electron chi connectivity index (χ4n) is 7.17. The largest absolute Gasteiger partial charge is 0.462 e. The fourth-order valence-corrected chi connectivity index (χ4v) is 7.17. The second-order valence-corrected chi connectivity index (χ2v) is 12.6. The van der Waals surface area contributed by atoms with Gasteiger partial charge in [0.15, 0.2) is 0 Å². The maximum Gasteiger partial charge on any atom is 0.318 e. The normalized spacial score (nSPS) is 20.9. The summed E-state index contributed by atoms with van der Waals surface area (Å²) in [6, 6.07) is 12.5. The SMILES string of the molecule is [C-]#[N+]C[C@H]1CN(c2nc(OCCN(C)C3CCC(F)(F)C3)nc3c2CCN(c2cccc4cccc(C)c24)C3)CCN1C(=O)C=C. The lowest BCUT2D eigenvalue weighted by atomic mass is 9.99. The number of benzene rings is 2. The van der Waals surface area contributed by atoms with E-state index in [1.54, 1.807) is 4.90 Å². The van der Waals surface area contributed by atoms with E-state index in [0.717, 1.165) is 35.7 Å². The molecule has 1 aromatic heterocycles. The molecule has 1 aliphatic carbocycles. The smallest absolute Gasteiger partial charge is 0.318 e. The van der Waals surface area contributed by atoms with E-state index in [-0.39, 0.29) is 50.0 Å². The Hall–Kier alpha value is -4.30. The number of likely N-dealkylation sites (N-methyl/N-ethyl adjacent to an activating group) is 1. The topological polar surface area (TPSA) is 69.4 Å². The van der Waals surface area contributed by atoms with Gasteiger partial charge in [0.25, 0.3) is 0 Å². The fraction of sp³-hybridized carbons (Fsp3) is 0.486. The van der Waals surface area contributed by atoms with Crippen LogP contribution in [0.3, 0.4) is 0 Å². The lowest BCUT2D eigenvalue weighted by Crippen LogP contribution is -2.56. The second-order valence-electron chi connectivity index (χ2n) is 12.6. The minimum atomic E-state index is -2.60. The van der Waals surface area contributed by atoms with Crippen LogP contribution < -0.4 is 14.5 Å². The molecule has 0 radical (unpaired) electrons. The van der Waals surface area contributed by atoms with Crippen molar-refractivity contribution in [2.75, 3.05) is 62.7 Å². The highest BCUT2D eigenvalue weighted by atomic mass is 19.3. The van der Waals surface area contributed by atoms with Gasteiger partial charge in [0.1, 0.15) is 18.5 Å². The minimum absolute atomic E-state index is 0.0764. The third kappa shape index (κ3) is 6.49. The average molecular weight is 630 g/mol. The molecule has 0 N–H and O–H groups in total. The molecule has 2 aliphatic heterocycles. The molecule has 9 nitrogen and oxygen atoms in total. The molecule has 0 bridgehead atoms. The van der Waals surface area contributed by atoms with Gasteiger partial charge in [0.2, 0.25) is 18.4 Å². The first-order chi connectivity index (χ1) is 22.2. The Morgan fingerprint density at radius 3 is 2.74 bits per heavy atom. The van der Waals surface area contributed by atoms with Gasteiger partial charge in [-0.25, -0.2) is 15.4 Å². The van der Waals surface area contributed by atoms with Crippen LogP contribution in [0, 0.1) is 13.5 Å². The molecule has 1 unspecified atom stereocenters. The summed E-state index contributed by atoms with van der Waals surface area (Å²) < 4.78 is 33.8. The molecule has 11 heteroatoms. The minimum Gasteiger partial charge on any atom is -0.462 e. The molecule has 2 fully saturated rings. The number of carbonyl (C=O) groups excluding carboxylic acids is 1. The molecule has 2 aromatic carbocycles. The van der Waals surface area contributed by atoms with Crippen molar-refractivity contribution in [3.8, 4) is 6.01 Å². The van der Waals surface area contributed by atoms with Crippen LogP contribution in [0.5, 0.6) is 6.01 Å². The Balaban J connectivity index is 1.28. The van der Waals surface area contributed by atoms with E-state index in [2.05, 4.69) is 64.5 Å². The number of alkyl halides is 2. The Morgan fingerprint density at radius 1 is 1.20 bits per heavy atom. The van der Waals surface area contributed by atoms with Gasteiger partial charge in [-0.2, -0.15) is 9.97 Å². The third-order valence-corrected chi connectivity index (χ3v) is 9.67.